The van der Waals surface area contributed by atoms with Crippen molar-refractivity contribution in [1.29, 1.82) is 0 Å². The Labute approximate surface area is 194 Å². The Balaban J connectivity index is 1.54. The molecule has 2 heterocycles. The van der Waals surface area contributed by atoms with Gasteiger partial charge in [0, 0.05) is 18.5 Å². The summed E-state index contributed by atoms with van der Waals surface area (Å²) in [5.41, 5.74) is 3.20. The Hall–Kier alpha value is -3.35. The summed E-state index contributed by atoms with van der Waals surface area (Å²) in [6.45, 7) is 9.56. The van der Waals surface area contributed by atoms with Gasteiger partial charge < -0.3 is 18.9 Å². The normalized spacial score (nSPS) is 16.3. The zero-order chi connectivity index (χ0) is 23.6. The molecular weight excluding hydrogens is 418 g/mol. The second-order valence-electron chi connectivity index (χ2n) is 9.28. The maximum atomic E-state index is 12.7. The molecule has 0 radical (unpaired) electrons. The fraction of sp³-hybridized carbons (Fsp3) is 0.423. The molecule has 1 fully saturated rings. The van der Waals surface area contributed by atoms with Crippen molar-refractivity contribution in [2.45, 2.75) is 58.5 Å². The van der Waals surface area contributed by atoms with Crippen LogP contribution in [-0.4, -0.2) is 34.7 Å². The van der Waals surface area contributed by atoms with Crippen LogP contribution in [0.4, 0.5) is 0 Å². The smallest absolute Gasteiger partial charge is 0.249 e. The number of benzene rings is 2. The van der Waals surface area contributed by atoms with Crippen LogP contribution in [0.3, 0.4) is 0 Å². The van der Waals surface area contributed by atoms with E-state index in [9.17, 15) is 4.79 Å². The quantitative estimate of drug-likeness (QED) is 0.487. The third-order valence-corrected chi connectivity index (χ3v) is 5.95. The number of aromatic nitrogens is 2. The van der Waals surface area contributed by atoms with Crippen molar-refractivity contribution in [3.05, 3.63) is 59.5 Å². The molecule has 0 N–H and O–H groups in total. The summed E-state index contributed by atoms with van der Waals surface area (Å²) in [6, 6.07) is 13.8. The first kappa shape index (κ1) is 22.8. The minimum absolute atomic E-state index is 0.0915. The summed E-state index contributed by atoms with van der Waals surface area (Å²) in [5, 5.41) is 4.17. The van der Waals surface area contributed by atoms with Gasteiger partial charge in [0.25, 0.3) is 0 Å². The lowest BCUT2D eigenvalue weighted by Crippen LogP contribution is -2.27. The fourth-order valence-electron chi connectivity index (χ4n) is 4.06. The van der Waals surface area contributed by atoms with Gasteiger partial charge in [-0.2, -0.15) is 4.98 Å². The molecule has 1 amide bonds. The molecule has 1 aromatic heterocycles. The number of hydrogen-bond acceptors (Lipinski definition) is 6. The Morgan fingerprint density at radius 2 is 1.88 bits per heavy atom. The summed E-state index contributed by atoms with van der Waals surface area (Å²) in [5.74, 6) is 2.28. The molecule has 0 aliphatic carbocycles. The number of carbonyl (C=O) groups excluding carboxylic acids is 1. The molecule has 1 unspecified atom stereocenters. The number of ether oxygens (including phenoxy) is 2. The van der Waals surface area contributed by atoms with Crippen LogP contribution in [0.25, 0.3) is 11.4 Å². The molecule has 2 aromatic carbocycles. The van der Waals surface area contributed by atoms with Crippen LogP contribution in [0, 0.1) is 0 Å². The van der Waals surface area contributed by atoms with Crippen molar-refractivity contribution in [3.8, 4) is 22.9 Å². The lowest BCUT2D eigenvalue weighted by Gasteiger charge is -2.23. The van der Waals surface area contributed by atoms with E-state index in [0.29, 0.717) is 49.2 Å². The summed E-state index contributed by atoms with van der Waals surface area (Å²) >= 11 is 0. The van der Waals surface area contributed by atoms with Gasteiger partial charge in [0.1, 0.15) is 6.04 Å². The van der Waals surface area contributed by atoms with E-state index in [2.05, 4.69) is 55.2 Å². The van der Waals surface area contributed by atoms with E-state index in [1.54, 1.807) is 7.11 Å². The molecule has 33 heavy (non-hydrogen) atoms. The fourth-order valence-corrected chi connectivity index (χ4v) is 4.06. The van der Waals surface area contributed by atoms with Crippen LogP contribution in [-0.2, 0) is 16.8 Å². The maximum absolute atomic E-state index is 12.7. The van der Waals surface area contributed by atoms with Crippen LogP contribution < -0.4 is 9.47 Å². The highest BCUT2D eigenvalue weighted by molar-refractivity contribution is 5.79. The van der Waals surface area contributed by atoms with Crippen LogP contribution in [0.15, 0.2) is 47.0 Å². The lowest BCUT2D eigenvalue weighted by atomic mass is 9.87. The summed E-state index contributed by atoms with van der Waals surface area (Å²) in [6.07, 6.45) is 1.13. The third kappa shape index (κ3) is 4.87. The highest BCUT2D eigenvalue weighted by atomic mass is 16.5. The number of amides is 1. The van der Waals surface area contributed by atoms with Gasteiger partial charge in [-0.1, -0.05) is 50.2 Å². The number of carbonyl (C=O) groups is 1. The Morgan fingerprint density at radius 3 is 2.55 bits per heavy atom. The van der Waals surface area contributed by atoms with Gasteiger partial charge in [-0.15, -0.1) is 0 Å². The molecule has 7 nitrogen and oxygen atoms in total. The van der Waals surface area contributed by atoms with E-state index in [4.69, 9.17) is 14.0 Å². The first-order valence-electron chi connectivity index (χ1n) is 11.3. The molecule has 4 rings (SSSR count). The minimum atomic E-state index is -0.231. The zero-order valence-corrected chi connectivity index (χ0v) is 19.9. The molecule has 1 aliphatic heterocycles. The molecule has 3 aromatic rings. The molecule has 0 bridgehead atoms. The summed E-state index contributed by atoms with van der Waals surface area (Å²) in [4.78, 5) is 19.1. The van der Waals surface area contributed by atoms with Gasteiger partial charge in [0.2, 0.25) is 17.6 Å². The molecule has 0 spiro atoms. The van der Waals surface area contributed by atoms with Gasteiger partial charge >= 0.3 is 0 Å². The molecule has 1 saturated heterocycles. The molecule has 7 heteroatoms. The number of rotatable bonds is 7. The predicted octanol–water partition coefficient (Wildman–Crippen LogP) is 5.31. The number of nitrogens with zero attached hydrogens (tertiary/aromatic N) is 3. The van der Waals surface area contributed by atoms with Gasteiger partial charge in [0.05, 0.1) is 13.7 Å². The number of hydrogen-bond donors (Lipinski definition) is 0. The minimum Gasteiger partial charge on any atom is -0.493 e. The van der Waals surface area contributed by atoms with Gasteiger partial charge in [-0.3, -0.25) is 4.79 Å². The van der Waals surface area contributed by atoms with Crippen molar-refractivity contribution < 1.29 is 18.8 Å². The second kappa shape index (κ2) is 9.25. The zero-order valence-electron chi connectivity index (χ0n) is 19.9. The first-order chi connectivity index (χ1) is 15.8. The Bertz CT molecular complexity index is 1120. The summed E-state index contributed by atoms with van der Waals surface area (Å²) in [7, 11) is 1.60. The van der Waals surface area contributed by atoms with Gasteiger partial charge in [-0.25, -0.2) is 0 Å². The molecule has 0 saturated carbocycles. The molecule has 174 valence electrons. The van der Waals surface area contributed by atoms with Crippen molar-refractivity contribution >= 4 is 5.91 Å². The SMILES string of the molecule is CCOc1ccc(-c2noc(C3CCC(=O)N3Cc3ccc(C(C)(C)C)cc3)n2)cc1OC. The number of likely N-dealkylation sites (tertiary alicyclic amines) is 1. The molecular formula is C26H31N3O4. The second-order valence-corrected chi connectivity index (χ2v) is 9.28. The monoisotopic (exact) mass is 449 g/mol. The average Bonchev–Trinajstić information content (AvgIpc) is 3.41. The highest BCUT2D eigenvalue weighted by Crippen LogP contribution is 2.36. The standard InChI is InChI=1S/C26H31N3O4/c1-6-32-21-13-9-18(15-22(21)31-5)24-27-25(33-28-24)20-12-14-23(30)29(20)16-17-7-10-19(11-8-17)26(2,3)4/h7-11,13,15,20H,6,12,14,16H2,1-5H3. The number of methoxy groups -OCH3 is 1. The highest BCUT2D eigenvalue weighted by Gasteiger charge is 2.36. The van der Waals surface area contributed by atoms with Crippen molar-refractivity contribution in [2.75, 3.05) is 13.7 Å². The van der Waals surface area contributed by atoms with Crippen LogP contribution in [0.5, 0.6) is 11.5 Å². The third-order valence-electron chi connectivity index (χ3n) is 5.95. The first-order valence-corrected chi connectivity index (χ1v) is 11.3. The summed E-state index contributed by atoms with van der Waals surface area (Å²) < 4.78 is 16.6. The van der Waals surface area contributed by atoms with Crippen molar-refractivity contribution in [3.63, 3.8) is 0 Å². The van der Waals surface area contributed by atoms with Crippen molar-refractivity contribution in [1.82, 2.24) is 15.0 Å². The largest absolute Gasteiger partial charge is 0.493 e. The Kier molecular flexibility index (Phi) is 6.40. The maximum Gasteiger partial charge on any atom is 0.249 e. The average molecular weight is 450 g/mol. The van der Waals surface area contributed by atoms with E-state index >= 15 is 0 Å². The molecule has 1 atom stereocenters. The van der Waals surface area contributed by atoms with Crippen LogP contribution in [0.1, 0.15) is 63.6 Å². The van der Waals surface area contributed by atoms with E-state index in [0.717, 1.165) is 11.1 Å². The van der Waals surface area contributed by atoms with Gasteiger partial charge in [-0.05, 0) is 48.1 Å². The van der Waals surface area contributed by atoms with E-state index in [1.165, 1.54) is 5.56 Å². The van der Waals surface area contributed by atoms with E-state index in [1.807, 2.05) is 30.0 Å². The van der Waals surface area contributed by atoms with E-state index < -0.39 is 0 Å². The lowest BCUT2D eigenvalue weighted by molar-refractivity contribution is -0.130. The van der Waals surface area contributed by atoms with Crippen LogP contribution in [0.2, 0.25) is 0 Å². The van der Waals surface area contributed by atoms with E-state index in [-0.39, 0.29) is 17.4 Å². The Morgan fingerprint density at radius 1 is 1.12 bits per heavy atom. The predicted molar refractivity (Wildman–Crippen MR) is 125 cm³/mol. The van der Waals surface area contributed by atoms with Crippen LogP contribution >= 0.6 is 0 Å². The van der Waals surface area contributed by atoms with Gasteiger partial charge in [0.15, 0.2) is 11.5 Å². The molecule has 1 aliphatic rings. The topological polar surface area (TPSA) is 77.7 Å². The van der Waals surface area contributed by atoms with Crippen molar-refractivity contribution in [2.24, 2.45) is 0 Å².